The Morgan fingerprint density at radius 2 is 2.12 bits per heavy atom. The van der Waals surface area contributed by atoms with Gasteiger partial charge in [-0.1, -0.05) is 30.8 Å². The molecule has 0 aliphatic rings. The smallest absolute Gasteiger partial charge is 0.0438 e. The standard InChI is InChI=1S/C14H20S2/c1-6-8-13(15-11(4)7-2)14-10(3)9-12(5)16-14/h7-9H,6H2,1-5H3/b11-7-,13-8+. The number of aryl methyl sites for hydroxylation is 2. The zero-order valence-electron chi connectivity index (χ0n) is 10.8. The molecule has 0 aliphatic heterocycles. The van der Waals surface area contributed by atoms with Gasteiger partial charge in [0, 0.05) is 14.7 Å². The fraction of sp³-hybridized carbons (Fsp3) is 0.429. The Hall–Kier alpha value is -0.470. The maximum absolute atomic E-state index is 2.33. The van der Waals surface area contributed by atoms with Gasteiger partial charge in [-0.15, -0.1) is 11.3 Å². The summed E-state index contributed by atoms with van der Waals surface area (Å²) < 4.78 is 0. The largest absolute Gasteiger partial charge is 0.140 e. The van der Waals surface area contributed by atoms with Crippen LogP contribution < -0.4 is 0 Å². The fourth-order valence-corrected chi connectivity index (χ4v) is 3.66. The lowest BCUT2D eigenvalue weighted by molar-refractivity contribution is 1.23. The fourth-order valence-electron chi connectivity index (χ4n) is 1.48. The van der Waals surface area contributed by atoms with Crippen LogP contribution in [0.25, 0.3) is 4.91 Å². The van der Waals surface area contributed by atoms with Crippen LogP contribution in [0.15, 0.2) is 23.1 Å². The molecule has 0 N–H and O–H groups in total. The molecule has 88 valence electrons. The van der Waals surface area contributed by atoms with Crippen molar-refractivity contribution in [2.24, 2.45) is 0 Å². The third kappa shape index (κ3) is 3.53. The Balaban J connectivity index is 3.04. The van der Waals surface area contributed by atoms with E-state index in [1.807, 2.05) is 23.1 Å². The summed E-state index contributed by atoms with van der Waals surface area (Å²) in [5.41, 5.74) is 1.40. The third-order valence-electron chi connectivity index (χ3n) is 2.33. The molecule has 0 saturated heterocycles. The minimum atomic E-state index is 1.09. The second-order valence-corrected chi connectivity index (χ2v) is 6.39. The Morgan fingerprint density at radius 1 is 1.44 bits per heavy atom. The van der Waals surface area contributed by atoms with Gasteiger partial charge in [-0.2, -0.15) is 0 Å². The van der Waals surface area contributed by atoms with Crippen molar-refractivity contribution in [3.8, 4) is 0 Å². The maximum atomic E-state index is 2.33. The molecule has 0 nitrogen and oxygen atoms in total. The van der Waals surface area contributed by atoms with Crippen molar-refractivity contribution in [2.45, 2.75) is 41.0 Å². The van der Waals surface area contributed by atoms with Crippen molar-refractivity contribution in [3.05, 3.63) is 38.4 Å². The second kappa shape index (κ2) is 6.31. The van der Waals surface area contributed by atoms with Gasteiger partial charge in [0.1, 0.15) is 0 Å². The molecule has 0 atom stereocenters. The molecule has 1 rings (SSSR count). The number of allylic oxidation sites excluding steroid dienone is 3. The molecule has 1 aromatic rings. The highest BCUT2D eigenvalue weighted by atomic mass is 32.2. The van der Waals surface area contributed by atoms with Crippen LogP contribution in [-0.2, 0) is 0 Å². The molecular formula is C14H20S2. The van der Waals surface area contributed by atoms with E-state index in [1.54, 1.807) is 0 Å². The summed E-state index contributed by atoms with van der Waals surface area (Å²) in [7, 11) is 0. The van der Waals surface area contributed by atoms with E-state index in [9.17, 15) is 0 Å². The zero-order valence-corrected chi connectivity index (χ0v) is 12.4. The predicted octanol–water partition coefficient (Wildman–Crippen LogP) is 5.77. The first kappa shape index (κ1) is 13.6. The van der Waals surface area contributed by atoms with Gasteiger partial charge in [-0.3, -0.25) is 0 Å². The summed E-state index contributed by atoms with van der Waals surface area (Å²) in [5.74, 6) is 0. The molecular weight excluding hydrogens is 232 g/mol. The monoisotopic (exact) mass is 252 g/mol. The van der Waals surface area contributed by atoms with E-state index < -0.39 is 0 Å². The van der Waals surface area contributed by atoms with Crippen LogP contribution in [0.2, 0.25) is 0 Å². The Morgan fingerprint density at radius 3 is 2.56 bits per heavy atom. The van der Waals surface area contributed by atoms with Crippen LogP contribution >= 0.6 is 23.1 Å². The summed E-state index contributed by atoms with van der Waals surface area (Å²) in [4.78, 5) is 5.61. The summed E-state index contributed by atoms with van der Waals surface area (Å²) in [5, 5.41) is 0. The highest BCUT2D eigenvalue weighted by Crippen LogP contribution is 2.39. The first-order chi connectivity index (χ1) is 7.58. The van der Waals surface area contributed by atoms with Gasteiger partial charge in [0.15, 0.2) is 0 Å². The van der Waals surface area contributed by atoms with E-state index in [2.05, 4.69) is 52.8 Å². The molecule has 0 fully saturated rings. The summed E-state index contributed by atoms with van der Waals surface area (Å²) in [6.45, 7) is 10.8. The zero-order chi connectivity index (χ0) is 12.1. The number of rotatable bonds is 4. The maximum Gasteiger partial charge on any atom is 0.0438 e. The van der Waals surface area contributed by atoms with E-state index in [1.165, 1.54) is 25.1 Å². The molecule has 0 aromatic carbocycles. The number of hydrogen-bond acceptors (Lipinski definition) is 2. The predicted molar refractivity (Wildman–Crippen MR) is 79.1 cm³/mol. The van der Waals surface area contributed by atoms with Crippen LogP contribution in [0.3, 0.4) is 0 Å². The minimum Gasteiger partial charge on any atom is -0.140 e. The average molecular weight is 252 g/mol. The molecule has 0 saturated carbocycles. The lowest BCUT2D eigenvalue weighted by Crippen LogP contribution is -1.79. The number of thiophene rings is 1. The van der Waals surface area contributed by atoms with Gasteiger partial charge in [-0.25, -0.2) is 0 Å². The first-order valence-corrected chi connectivity index (χ1v) is 7.30. The Labute approximate surface area is 107 Å². The van der Waals surface area contributed by atoms with E-state index in [0.717, 1.165) is 6.42 Å². The summed E-state index contributed by atoms with van der Waals surface area (Å²) >= 11 is 3.78. The molecule has 1 heterocycles. The van der Waals surface area contributed by atoms with Crippen LogP contribution in [0, 0.1) is 13.8 Å². The summed E-state index contributed by atoms with van der Waals surface area (Å²) in [6.07, 6.45) is 5.59. The van der Waals surface area contributed by atoms with Crippen molar-refractivity contribution < 1.29 is 0 Å². The van der Waals surface area contributed by atoms with Crippen LogP contribution in [0.5, 0.6) is 0 Å². The lowest BCUT2D eigenvalue weighted by atomic mass is 10.2. The van der Waals surface area contributed by atoms with E-state index in [-0.39, 0.29) is 0 Å². The topological polar surface area (TPSA) is 0 Å². The van der Waals surface area contributed by atoms with Crippen LogP contribution in [-0.4, -0.2) is 0 Å². The van der Waals surface area contributed by atoms with Crippen molar-refractivity contribution in [1.29, 1.82) is 0 Å². The van der Waals surface area contributed by atoms with Crippen molar-refractivity contribution in [3.63, 3.8) is 0 Å². The second-order valence-electron chi connectivity index (χ2n) is 3.85. The quantitative estimate of drug-likeness (QED) is 0.655. The third-order valence-corrected chi connectivity index (χ3v) is 4.80. The molecule has 1 aromatic heterocycles. The Kier molecular flexibility index (Phi) is 5.36. The first-order valence-electron chi connectivity index (χ1n) is 5.66. The SMILES string of the molecule is C/C=C(/C)S/C(=C/CC)c1sc(C)cc1C. The molecule has 0 aliphatic carbocycles. The van der Waals surface area contributed by atoms with Crippen molar-refractivity contribution >= 4 is 28.0 Å². The number of hydrogen-bond donors (Lipinski definition) is 0. The average Bonchev–Trinajstić information content (AvgIpc) is 2.57. The van der Waals surface area contributed by atoms with Gasteiger partial charge >= 0.3 is 0 Å². The molecule has 0 spiro atoms. The van der Waals surface area contributed by atoms with Gasteiger partial charge in [0.2, 0.25) is 0 Å². The van der Waals surface area contributed by atoms with Crippen LogP contribution in [0.4, 0.5) is 0 Å². The van der Waals surface area contributed by atoms with Crippen molar-refractivity contribution in [1.82, 2.24) is 0 Å². The molecule has 16 heavy (non-hydrogen) atoms. The van der Waals surface area contributed by atoms with E-state index in [4.69, 9.17) is 0 Å². The van der Waals surface area contributed by atoms with E-state index >= 15 is 0 Å². The van der Waals surface area contributed by atoms with Gasteiger partial charge in [0.25, 0.3) is 0 Å². The number of thioether (sulfide) groups is 1. The van der Waals surface area contributed by atoms with Crippen LogP contribution in [0.1, 0.15) is 42.5 Å². The van der Waals surface area contributed by atoms with Gasteiger partial charge in [-0.05, 0) is 50.7 Å². The molecule has 2 heteroatoms. The van der Waals surface area contributed by atoms with Crippen molar-refractivity contribution in [2.75, 3.05) is 0 Å². The highest BCUT2D eigenvalue weighted by molar-refractivity contribution is 8.11. The molecule has 0 amide bonds. The van der Waals surface area contributed by atoms with Gasteiger partial charge in [0.05, 0.1) is 0 Å². The molecule has 0 radical (unpaired) electrons. The van der Waals surface area contributed by atoms with E-state index in [0.29, 0.717) is 0 Å². The molecule has 0 unspecified atom stereocenters. The normalized spacial score (nSPS) is 13.3. The lowest BCUT2D eigenvalue weighted by Gasteiger charge is -2.06. The Bertz CT molecular complexity index is 408. The highest BCUT2D eigenvalue weighted by Gasteiger charge is 2.09. The van der Waals surface area contributed by atoms with Gasteiger partial charge < -0.3 is 0 Å². The molecule has 0 bridgehead atoms. The minimum absolute atomic E-state index is 1.09. The summed E-state index contributed by atoms with van der Waals surface area (Å²) in [6, 6.07) is 2.27.